The average molecular weight is 245 g/mol. The first-order chi connectivity index (χ1) is 8.79. The van der Waals surface area contributed by atoms with Crippen LogP contribution in [0.2, 0.25) is 0 Å². The van der Waals surface area contributed by atoms with Gasteiger partial charge in [0.15, 0.2) is 0 Å². The molecule has 0 spiro atoms. The number of nitrogens with one attached hydrogen (secondary N) is 3. The van der Waals surface area contributed by atoms with Crippen LogP contribution in [0, 0.1) is 0 Å². The predicted octanol–water partition coefficient (Wildman–Crippen LogP) is 1.17. The minimum atomic E-state index is -0.198. The van der Waals surface area contributed by atoms with E-state index in [-0.39, 0.29) is 5.91 Å². The molecule has 2 rings (SSSR count). The highest BCUT2D eigenvalue weighted by molar-refractivity contribution is 5.93. The number of carbonyl (C=O) groups is 1. The van der Waals surface area contributed by atoms with Gasteiger partial charge in [-0.25, -0.2) is 0 Å². The molecule has 0 aliphatic heterocycles. The number of hydrogen-bond acceptors (Lipinski definition) is 4. The molecule has 0 unspecified atom stereocenters. The molecule has 6 nitrogen and oxygen atoms in total. The number of hydrogen-bond donors (Lipinski definition) is 3. The molecule has 18 heavy (non-hydrogen) atoms. The number of nitrogens with zero attached hydrogens (tertiary/aromatic N) is 2. The molecule has 3 N–H and O–H groups in total. The van der Waals surface area contributed by atoms with E-state index in [0.29, 0.717) is 12.2 Å². The molecule has 2 aromatic heterocycles. The molecule has 0 atom stereocenters. The number of aromatic nitrogens is 3. The Balaban J connectivity index is 1.97. The molecular weight excluding hydrogens is 230 g/mol. The van der Waals surface area contributed by atoms with Crippen molar-refractivity contribution in [2.24, 2.45) is 0 Å². The second-order valence-corrected chi connectivity index (χ2v) is 3.75. The first kappa shape index (κ1) is 12.1. The maximum absolute atomic E-state index is 11.9. The predicted molar refractivity (Wildman–Crippen MR) is 68.2 cm³/mol. The summed E-state index contributed by atoms with van der Waals surface area (Å²) >= 11 is 0. The minimum Gasteiger partial charge on any atom is -0.385 e. The summed E-state index contributed by atoms with van der Waals surface area (Å²) in [7, 11) is 0. The molecule has 2 aromatic rings. The number of H-pyrrole nitrogens is 1. The number of carbonyl (C=O) groups excluding carboxylic acids is 1. The van der Waals surface area contributed by atoms with Gasteiger partial charge in [-0.1, -0.05) is 0 Å². The smallest absolute Gasteiger partial charge is 0.270 e. The van der Waals surface area contributed by atoms with Crippen LogP contribution in [0.15, 0.2) is 30.7 Å². The van der Waals surface area contributed by atoms with Crippen molar-refractivity contribution in [3.8, 4) is 0 Å². The number of rotatable bonds is 5. The Morgan fingerprint density at radius 2 is 2.39 bits per heavy atom. The monoisotopic (exact) mass is 245 g/mol. The molecule has 0 fully saturated rings. The Hall–Kier alpha value is -2.37. The van der Waals surface area contributed by atoms with Crippen molar-refractivity contribution in [2.45, 2.75) is 13.5 Å². The van der Waals surface area contributed by atoms with Crippen LogP contribution < -0.4 is 10.6 Å². The molecule has 2 heterocycles. The number of anilines is 1. The summed E-state index contributed by atoms with van der Waals surface area (Å²) in [6.07, 6.45) is 5.02. The highest BCUT2D eigenvalue weighted by Gasteiger charge is 2.07. The fraction of sp³-hybridized carbons (Fsp3) is 0.250. The summed E-state index contributed by atoms with van der Waals surface area (Å²) in [5.74, 6) is -0.198. The summed E-state index contributed by atoms with van der Waals surface area (Å²) in [5, 5.41) is 12.4. The number of pyridine rings is 1. The third-order valence-electron chi connectivity index (χ3n) is 2.38. The normalized spacial score (nSPS) is 10.1. The van der Waals surface area contributed by atoms with Crippen LogP contribution in [-0.4, -0.2) is 27.6 Å². The number of amides is 1. The highest BCUT2D eigenvalue weighted by atomic mass is 16.1. The lowest BCUT2D eigenvalue weighted by molar-refractivity contribution is 0.0946. The van der Waals surface area contributed by atoms with E-state index in [4.69, 9.17) is 0 Å². The van der Waals surface area contributed by atoms with Gasteiger partial charge in [0.05, 0.1) is 6.20 Å². The van der Waals surface area contributed by atoms with Crippen molar-refractivity contribution in [2.75, 3.05) is 11.9 Å². The molecule has 0 bridgehead atoms. The van der Waals surface area contributed by atoms with Crippen LogP contribution in [0.25, 0.3) is 0 Å². The van der Waals surface area contributed by atoms with E-state index in [1.807, 2.05) is 13.0 Å². The molecule has 0 aromatic carbocycles. The maximum Gasteiger partial charge on any atom is 0.270 e. The lowest BCUT2D eigenvalue weighted by Gasteiger charge is -2.06. The van der Waals surface area contributed by atoms with E-state index < -0.39 is 0 Å². The van der Waals surface area contributed by atoms with Gasteiger partial charge < -0.3 is 10.6 Å². The van der Waals surface area contributed by atoms with Gasteiger partial charge in [-0.15, -0.1) is 0 Å². The molecule has 0 radical (unpaired) electrons. The van der Waals surface area contributed by atoms with Gasteiger partial charge in [-0.3, -0.25) is 14.9 Å². The summed E-state index contributed by atoms with van der Waals surface area (Å²) in [5.41, 5.74) is 2.21. The van der Waals surface area contributed by atoms with Gasteiger partial charge in [0.25, 0.3) is 5.91 Å². The zero-order valence-corrected chi connectivity index (χ0v) is 10.1. The topological polar surface area (TPSA) is 82.7 Å². The van der Waals surface area contributed by atoms with E-state index in [1.165, 1.54) is 0 Å². The molecule has 6 heteroatoms. The third-order valence-corrected chi connectivity index (χ3v) is 2.38. The Morgan fingerprint density at radius 1 is 1.50 bits per heavy atom. The fourth-order valence-corrected chi connectivity index (χ4v) is 1.52. The molecule has 0 aliphatic rings. The summed E-state index contributed by atoms with van der Waals surface area (Å²) in [6.45, 7) is 3.24. The highest BCUT2D eigenvalue weighted by Crippen LogP contribution is 2.07. The van der Waals surface area contributed by atoms with Crippen molar-refractivity contribution in [1.29, 1.82) is 0 Å². The zero-order chi connectivity index (χ0) is 12.8. The first-order valence-electron chi connectivity index (χ1n) is 5.75. The summed E-state index contributed by atoms with van der Waals surface area (Å²) < 4.78 is 0. The molecule has 0 saturated heterocycles. The largest absolute Gasteiger partial charge is 0.385 e. The second-order valence-electron chi connectivity index (χ2n) is 3.75. The Morgan fingerprint density at radius 3 is 3.11 bits per heavy atom. The first-order valence-corrected chi connectivity index (χ1v) is 5.75. The van der Waals surface area contributed by atoms with Crippen LogP contribution >= 0.6 is 0 Å². The van der Waals surface area contributed by atoms with Crippen LogP contribution in [-0.2, 0) is 6.54 Å². The van der Waals surface area contributed by atoms with E-state index in [1.54, 1.807) is 24.7 Å². The van der Waals surface area contributed by atoms with Crippen LogP contribution in [0.3, 0.4) is 0 Å². The van der Waals surface area contributed by atoms with Crippen molar-refractivity contribution in [1.82, 2.24) is 20.5 Å². The standard InChI is InChI=1S/C12H15N5O/c1-2-13-10-3-4-14-11(5-10)12(18)15-6-9-7-16-17-8-9/h3-5,7-8H,2,6H2,1H3,(H,13,14)(H,15,18)(H,16,17). The van der Waals surface area contributed by atoms with Gasteiger partial charge in [0, 0.05) is 36.7 Å². The van der Waals surface area contributed by atoms with Gasteiger partial charge >= 0.3 is 0 Å². The fourth-order valence-electron chi connectivity index (χ4n) is 1.52. The minimum absolute atomic E-state index is 0.198. The average Bonchev–Trinajstić information content (AvgIpc) is 2.90. The Kier molecular flexibility index (Phi) is 3.90. The van der Waals surface area contributed by atoms with E-state index in [0.717, 1.165) is 17.8 Å². The van der Waals surface area contributed by atoms with Gasteiger partial charge in [0.1, 0.15) is 5.69 Å². The van der Waals surface area contributed by atoms with Crippen molar-refractivity contribution in [3.63, 3.8) is 0 Å². The van der Waals surface area contributed by atoms with E-state index >= 15 is 0 Å². The Labute approximate surface area is 105 Å². The second kappa shape index (κ2) is 5.81. The third kappa shape index (κ3) is 3.07. The van der Waals surface area contributed by atoms with Gasteiger partial charge in [0.2, 0.25) is 0 Å². The van der Waals surface area contributed by atoms with Crippen molar-refractivity contribution in [3.05, 3.63) is 42.0 Å². The van der Waals surface area contributed by atoms with E-state index in [9.17, 15) is 4.79 Å². The summed E-state index contributed by atoms with van der Waals surface area (Å²) in [4.78, 5) is 15.9. The molecule has 0 saturated carbocycles. The van der Waals surface area contributed by atoms with Gasteiger partial charge in [-0.05, 0) is 19.1 Å². The SMILES string of the molecule is CCNc1ccnc(C(=O)NCc2cn[nH]c2)c1. The molecule has 0 aliphatic carbocycles. The van der Waals surface area contributed by atoms with Crippen LogP contribution in [0.5, 0.6) is 0 Å². The van der Waals surface area contributed by atoms with Crippen molar-refractivity contribution < 1.29 is 4.79 Å². The van der Waals surface area contributed by atoms with Crippen molar-refractivity contribution >= 4 is 11.6 Å². The zero-order valence-electron chi connectivity index (χ0n) is 10.1. The lowest BCUT2D eigenvalue weighted by Crippen LogP contribution is -2.23. The Bertz CT molecular complexity index is 509. The molecule has 94 valence electrons. The lowest BCUT2D eigenvalue weighted by atomic mass is 10.3. The molecule has 1 amide bonds. The van der Waals surface area contributed by atoms with Crippen LogP contribution in [0.1, 0.15) is 23.0 Å². The van der Waals surface area contributed by atoms with Gasteiger partial charge in [-0.2, -0.15) is 5.10 Å². The number of aromatic amines is 1. The quantitative estimate of drug-likeness (QED) is 0.738. The van der Waals surface area contributed by atoms with E-state index in [2.05, 4.69) is 25.8 Å². The maximum atomic E-state index is 11.9. The van der Waals surface area contributed by atoms with Crippen LogP contribution in [0.4, 0.5) is 5.69 Å². The molecular formula is C12H15N5O. The summed E-state index contributed by atoms with van der Waals surface area (Å²) in [6, 6.07) is 3.56.